The number of carbonyl (C=O) groups is 2. The molecule has 0 aliphatic heterocycles. The van der Waals surface area contributed by atoms with E-state index in [0.29, 0.717) is 53.5 Å². The van der Waals surface area contributed by atoms with Crippen LogP contribution in [0.4, 0.5) is 11.6 Å². The van der Waals surface area contributed by atoms with Gasteiger partial charge in [0, 0.05) is 18.4 Å². The highest BCUT2D eigenvalue weighted by molar-refractivity contribution is 5.95. The number of H-pyrrole nitrogens is 1. The van der Waals surface area contributed by atoms with Gasteiger partial charge in [-0.1, -0.05) is 33.8 Å². The molecular weight excluding hydrogens is 564 g/mol. The number of nitrogens with one attached hydrogen (secondary N) is 4. The molecule has 0 spiro atoms. The van der Waals surface area contributed by atoms with Crippen molar-refractivity contribution in [3.63, 3.8) is 0 Å². The summed E-state index contributed by atoms with van der Waals surface area (Å²) in [5.74, 6) is 1.92. The normalized spacial score (nSPS) is 14.6. The van der Waals surface area contributed by atoms with Gasteiger partial charge in [-0.05, 0) is 60.1 Å². The molecule has 1 heterocycles. The first-order valence-electron chi connectivity index (χ1n) is 14.7. The third kappa shape index (κ3) is 6.95. The maximum absolute atomic E-state index is 13.8. The van der Waals surface area contributed by atoms with Crippen LogP contribution >= 0.6 is 0 Å². The van der Waals surface area contributed by atoms with Crippen molar-refractivity contribution in [1.82, 2.24) is 20.5 Å². The lowest BCUT2D eigenvalue weighted by molar-refractivity contribution is -0.120. The number of carbonyl (C=O) groups excluding carboxylic acids is 2. The number of amides is 2. The van der Waals surface area contributed by atoms with E-state index < -0.39 is 12.1 Å². The molecule has 1 aromatic heterocycles. The summed E-state index contributed by atoms with van der Waals surface area (Å²) in [5.41, 5.74) is 2.91. The molecule has 2 amide bonds. The number of aromatic nitrogens is 3. The number of anilines is 2. The van der Waals surface area contributed by atoms with Gasteiger partial charge >= 0.3 is 0 Å². The maximum atomic E-state index is 13.8. The van der Waals surface area contributed by atoms with Gasteiger partial charge in [-0.3, -0.25) is 24.8 Å². The fourth-order valence-corrected chi connectivity index (χ4v) is 5.50. The van der Waals surface area contributed by atoms with E-state index in [1.807, 2.05) is 39.8 Å². The lowest BCUT2D eigenvalue weighted by Crippen LogP contribution is -2.37. The van der Waals surface area contributed by atoms with Gasteiger partial charge in [0.1, 0.15) is 11.9 Å². The Morgan fingerprint density at radius 1 is 1.05 bits per heavy atom. The van der Waals surface area contributed by atoms with Gasteiger partial charge in [0.2, 0.25) is 28.9 Å². The van der Waals surface area contributed by atoms with Crippen LogP contribution in [-0.4, -0.2) is 54.4 Å². The number of ether oxygens (including phenoxy) is 3. The first kappa shape index (κ1) is 32.3. The van der Waals surface area contributed by atoms with Crippen molar-refractivity contribution in [2.45, 2.75) is 71.9 Å². The smallest absolute Gasteiger partial charge is 0.249 e. The van der Waals surface area contributed by atoms with Gasteiger partial charge < -0.3 is 24.8 Å². The van der Waals surface area contributed by atoms with E-state index in [4.69, 9.17) is 14.2 Å². The Morgan fingerprint density at radius 2 is 1.77 bits per heavy atom. The minimum absolute atomic E-state index is 0.117. The second-order valence-electron chi connectivity index (χ2n) is 11.6. The molecule has 0 fully saturated rings. The molecule has 3 aromatic rings. The Labute approximate surface area is 257 Å². The second-order valence-corrected chi connectivity index (χ2v) is 11.6. The third-order valence-electron chi connectivity index (χ3n) is 7.55. The third-order valence-corrected chi connectivity index (χ3v) is 7.55. The summed E-state index contributed by atoms with van der Waals surface area (Å²) >= 11 is 0. The molecular formula is C32H42N6O6. The number of benzene rings is 1. The fourth-order valence-electron chi connectivity index (χ4n) is 5.50. The molecule has 12 nitrogen and oxygen atoms in total. The number of aromatic amines is 1. The van der Waals surface area contributed by atoms with Gasteiger partial charge in [-0.2, -0.15) is 4.98 Å². The topological polar surface area (TPSA) is 157 Å². The van der Waals surface area contributed by atoms with Gasteiger partial charge in [0.15, 0.2) is 11.5 Å². The number of aryl methyl sites for hydroxylation is 1. The molecule has 0 saturated carbocycles. The number of hydrogen-bond acceptors (Lipinski definition) is 9. The highest BCUT2D eigenvalue weighted by atomic mass is 16.5. The van der Waals surface area contributed by atoms with Gasteiger partial charge in [0.05, 0.1) is 33.1 Å². The van der Waals surface area contributed by atoms with Crippen molar-refractivity contribution >= 4 is 23.5 Å². The maximum Gasteiger partial charge on any atom is 0.249 e. The summed E-state index contributed by atoms with van der Waals surface area (Å²) in [6.45, 7) is 9.39. The quantitative estimate of drug-likeness (QED) is 0.245. The predicted molar refractivity (Wildman–Crippen MR) is 169 cm³/mol. The van der Waals surface area contributed by atoms with Crippen LogP contribution < -0.4 is 35.6 Å². The molecule has 0 unspecified atom stereocenters. The first-order chi connectivity index (χ1) is 21.0. The zero-order valence-electron chi connectivity index (χ0n) is 26.6. The van der Waals surface area contributed by atoms with E-state index in [1.54, 1.807) is 20.3 Å². The van der Waals surface area contributed by atoms with Crippen molar-refractivity contribution in [3.05, 3.63) is 51.4 Å². The number of methoxy groups -OCH3 is 3. The van der Waals surface area contributed by atoms with Crippen LogP contribution in [0.1, 0.15) is 76.4 Å². The summed E-state index contributed by atoms with van der Waals surface area (Å²) in [4.78, 5) is 43.8. The van der Waals surface area contributed by atoms with Crippen molar-refractivity contribution in [3.8, 4) is 28.4 Å². The highest BCUT2D eigenvalue weighted by Crippen LogP contribution is 2.50. The van der Waals surface area contributed by atoms with E-state index in [-0.39, 0.29) is 40.7 Å². The Bertz CT molecular complexity index is 1580. The van der Waals surface area contributed by atoms with Gasteiger partial charge in [-0.25, -0.2) is 0 Å². The summed E-state index contributed by atoms with van der Waals surface area (Å²) in [6.07, 6.45) is 1.58. The average Bonchev–Trinajstić information content (AvgIpc) is 3.32. The standard InChI is InChI=1S/C32H42N6O6/c1-16(2)13-24(31(41)36-32-35-30(17(3)4)37-38-32)34-23-12-10-20-21(15-25(23)40)22(33-18(5)39)11-9-19-14-26(42-6)28(43-7)29(44-8)27(19)20/h10,12,14-17,22,24H,9,11,13H2,1-8H3,(H,33,39)(H,34,40)(H2,35,36,37,38,41)/t22-,24-/m1/s1. The minimum atomic E-state index is -0.747. The number of fused-ring (bicyclic) bond motifs is 3. The number of hydrogen-bond donors (Lipinski definition) is 4. The van der Waals surface area contributed by atoms with Crippen LogP contribution in [0.15, 0.2) is 29.1 Å². The Morgan fingerprint density at radius 3 is 2.36 bits per heavy atom. The molecule has 2 atom stereocenters. The van der Waals surface area contributed by atoms with E-state index >= 15 is 0 Å². The van der Waals surface area contributed by atoms with Crippen molar-refractivity contribution in [2.24, 2.45) is 5.92 Å². The largest absolute Gasteiger partial charge is 0.493 e. The van der Waals surface area contributed by atoms with Crippen molar-refractivity contribution < 1.29 is 23.8 Å². The lowest BCUT2D eigenvalue weighted by atomic mass is 9.95. The molecule has 4 N–H and O–H groups in total. The Balaban J connectivity index is 1.82. The molecule has 0 bridgehead atoms. The van der Waals surface area contributed by atoms with E-state index in [9.17, 15) is 14.4 Å². The van der Waals surface area contributed by atoms with Crippen LogP contribution in [0, 0.1) is 5.92 Å². The van der Waals surface area contributed by atoms with Crippen LogP contribution in [0.25, 0.3) is 11.1 Å². The molecule has 0 saturated heterocycles. The molecule has 2 aromatic carbocycles. The minimum Gasteiger partial charge on any atom is -0.493 e. The molecule has 12 heteroatoms. The lowest BCUT2D eigenvalue weighted by Gasteiger charge is -2.20. The Hall–Kier alpha value is -4.61. The Kier molecular flexibility index (Phi) is 10.1. The molecule has 236 valence electrons. The van der Waals surface area contributed by atoms with E-state index in [0.717, 1.165) is 11.1 Å². The average molecular weight is 607 g/mol. The second kappa shape index (κ2) is 13.8. The summed E-state index contributed by atoms with van der Waals surface area (Å²) in [5, 5.41) is 15.9. The summed E-state index contributed by atoms with van der Waals surface area (Å²) in [6, 6.07) is 5.72. The van der Waals surface area contributed by atoms with Crippen molar-refractivity contribution in [2.75, 3.05) is 32.0 Å². The molecule has 44 heavy (non-hydrogen) atoms. The van der Waals surface area contributed by atoms with E-state index in [2.05, 4.69) is 31.1 Å². The van der Waals surface area contributed by atoms with Crippen LogP contribution in [0.2, 0.25) is 0 Å². The fraction of sp³-hybridized carbons (Fsp3) is 0.469. The molecule has 0 radical (unpaired) electrons. The van der Waals surface area contributed by atoms with Gasteiger partial charge in [0.25, 0.3) is 0 Å². The van der Waals surface area contributed by atoms with Crippen LogP contribution in [0.5, 0.6) is 17.2 Å². The predicted octanol–water partition coefficient (Wildman–Crippen LogP) is 4.57. The SMILES string of the molecule is COc1cc2c(c(OC)c1OC)-c1ccc(N[C@H](CC(C)C)C(=O)Nc3n[nH]c(C(C)C)n3)c(=O)cc1[C@H](NC(C)=O)CC2. The van der Waals surface area contributed by atoms with Crippen LogP contribution in [-0.2, 0) is 16.0 Å². The number of rotatable bonds is 11. The zero-order chi connectivity index (χ0) is 32.1. The summed E-state index contributed by atoms with van der Waals surface area (Å²) in [7, 11) is 4.65. The van der Waals surface area contributed by atoms with Gasteiger partial charge in [-0.15, -0.1) is 5.10 Å². The van der Waals surface area contributed by atoms with E-state index in [1.165, 1.54) is 20.1 Å². The zero-order valence-corrected chi connectivity index (χ0v) is 26.6. The highest BCUT2D eigenvalue weighted by Gasteiger charge is 2.30. The number of nitrogens with zero attached hydrogens (tertiary/aromatic N) is 2. The first-order valence-corrected chi connectivity index (χ1v) is 14.7. The van der Waals surface area contributed by atoms with Crippen molar-refractivity contribution in [1.29, 1.82) is 0 Å². The molecule has 1 aliphatic rings. The summed E-state index contributed by atoms with van der Waals surface area (Å²) < 4.78 is 17.1. The molecule has 4 rings (SSSR count). The van der Waals surface area contributed by atoms with Crippen LogP contribution in [0.3, 0.4) is 0 Å². The monoisotopic (exact) mass is 606 g/mol. The molecule has 1 aliphatic carbocycles.